The SMILES string of the molecule is CCNCCCNCc1ccccc1C(=O)O.Cl.Cl. The number of hydrogen-bond acceptors (Lipinski definition) is 3. The maximum Gasteiger partial charge on any atom is 0.336 e. The fourth-order valence-electron chi connectivity index (χ4n) is 1.62. The molecule has 3 N–H and O–H groups in total. The van der Waals surface area contributed by atoms with Crippen LogP contribution in [0.4, 0.5) is 0 Å². The lowest BCUT2D eigenvalue weighted by atomic mass is 10.1. The fourth-order valence-corrected chi connectivity index (χ4v) is 1.62. The summed E-state index contributed by atoms with van der Waals surface area (Å²) in [7, 11) is 0. The summed E-state index contributed by atoms with van der Waals surface area (Å²) in [5.41, 5.74) is 1.22. The van der Waals surface area contributed by atoms with Crippen molar-refractivity contribution in [2.24, 2.45) is 0 Å². The summed E-state index contributed by atoms with van der Waals surface area (Å²) in [6.07, 6.45) is 1.04. The molecule has 6 heteroatoms. The zero-order valence-corrected chi connectivity index (χ0v) is 12.6. The van der Waals surface area contributed by atoms with Crippen molar-refractivity contribution in [3.8, 4) is 0 Å². The number of carboxylic acids is 1. The van der Waals surface area contributed by atoms with Gasteiger partial charge >= 0.3 is 5.97 Å². The molecular weight excluding hydrogens is 287 g/mol. The van der Waals surface area contributed by atoms with Gasteiger partial charge in [-0.15, -0.1) is 24.8 Å². The number of nitrogens with one attached hydrogen (secondary N) is 2. The number of halogens is 2. The molecule has 0 aliphatic carbocycles. The standard InChI is InChI=1S/C13H20N2O2.2ClH/c1-2-14-8-5-9-15-10-11-6-3-4-7-12(11)13(16)17;;/h3-4,6-7,14-15H,2,5,8-10H2,1H3,(H,16,17);2*1H. The van der Waals surface area contributed by atoms with Crippen molar-refractivity contribution in [3.05, 3.63) is 35.4 Å². The van der Waals surface area contributed by atoms with Crippen molar-refractivity contribution < 1.29 is 9.90 Å². The van der Waals surface area contributed by atoms with E-state index in [2.05, 4.69) is 17.6 Å². The minimum atomic E-state index is -0.866. The molecule has 110 valence electrons. The predicted molar refractivity (Wildman–Crippen MR) is 82.8 cm³/mol. The van der Waals surface area contributed by atoms with Crippen LogP contribution in [0, 0.1) is 0 Å². The second-order valence-electron chi connectivity index (χ2n) is 3.85. The zero-order chi connectivity index (χ0) is 12.5. The normalized spacial score (nSPS) is 9.32. The number of hydrogen-bond donors (Lipinski definition) is 3. The lowest BCUT2D eigenvalue weighted by Gasteiger charge is -2.07. The van der Waals surface area contributed by atoms with Crippen molar-refractivity contribution in [3.63, 3.8) is 0 Å². The lowest BCUT2D eigenvalue weighted by molar-refractivity contribution is 0.0695. The molecule has 1 aromatic carbocycles. The number of rotatable bonds is 8. The van der Waals surface area contributed by atoms with Crippen LogP contribution >= 0.6 is 24.8 Å². The molecule has 0 bridgehead atoms. The quantitative estimate of drug-likeness (QED) is 0.645. The average Bonchev–Trinajstić information content (AvgIpc) is 2.34. The van der Waals surface area contributed by atoms with Crippen LogP contribution in [-0.2, 0) is 6.54 Å². The minimum absolute atomic E-state index is 0. The highest BCUT2D eigenvalue weighted by atomic mass is 35.5. The third-order valence-electron chi connectivity index (χ3n) is 2.52. The van der Waals surface area contributed by atoms with Gasteiger partial charge in [0.2, 0.25) is 0 Å². The summed E-state index contributed by atoms with van der Waals surface area (Å²) >= 11 is 0. The summed E-state index contributed by atoms with van der Waals surface area (Å²) in [6, 6.07) is 7.10. The average molecular weight is 309 g/mol. The molecule has 0 spiro atoms. The predicted octanol–water partition coefficient (Wildman–Crippen LogP) is 2.32. The Kier molecular flexibility index (Phi) is 13.2. The Hall–Kier alpha value is -0.810. The number of carboxylic acid groups (broad SMARTS) is 1. The van der Waals surface area contributed by atoms with E-state index in [-0.39, 0.29) is 24.8 Å². The lowest BCUT2D eigenvalue weighted by Crippen LogP contribution is -2.22. The van der Waals surface area contributed by atoms with Gasteiger partial charge in [0, 0.05) is 6.54 Å². The molecule has 0 atom stereocenters. The van der Waals surface area contributed by atoms with Gasteiger partial charge in [-0.25, -0.2) is 4.79 Å². The van der Waals surface area contributed by atoms with E-state index in [0.29, 0.717) is 12.1 Å². The van der Waals surface area contributed by atoms with E-state index >= 15 is 0 Å². The van der Waals surface area contributed by atoms with Crippen LogP contribution in [0.1, 0.15) is 29.3 Å². The van der Waals surface area contributed by atoms with Crippen LogP contribution in [-0.4, -0.2) is 30.7 Å². The molecule has 4 nitrogen and oxygen atoms in total. The maximum atomic E-state index is 11.0. The number of carbonyl (C=O) groups is 1. The first-order chi connectivity index (χ1) is 8.25. The van der Waals surface area contributed by atoms with Crippen LogP contribution in [0.15, 0.2) is 24.3 Å². The first-order valence-corrected chi connectivity index (χ1v) is 5.98. The third kappa shape index (κ3) is 8.06. The molecule has 0 aliphatic heterocycles. The van der Waals surface area contributed by atoms with Crippen LogP contribution in [0.5, 0.6) is 0 Å². The highest BCUT2D eigenvalue weighted by molar-refractivity contribution is 5.89. The van der Waals surface area contributed by atoms with Gasteiger partial charge in [0.15, 0.2) is 0 Å². The Morgan fingerprint density at radius 1 is 1.16 bits per heavy atom. The van der Waals surface area contributed by atoms with Crippen molar-refractivity contribution >= 4 is 30.8 Å². The van der Waals surface area contributed by atoms with E-state index in [1.165, 1.54) is 0 Å². The van der Waals surface area contributed by atoms with Gasteiger partial charge in [0.05, 0.1) is 5.56 Å². The maximum absolute atomic E-state index is 11.0. The van der Waals surface area contributed by atoms with Crippen LogP contribution < -0.4 is 10.6 Å². The van der Waals surface area contributed by atoms with Crippen LogP contribution in [0.3, 0.4) is 0 Å². The van der Waals surface area contributed by atoms with E-state index in [4.69, 9.17) is 5.11 Å². The molecular formula is C13H22Cl2N2O2. The van der Waals surface area contributed by atoms with Gasteiger partial charge < -0.3 is 15.7 Å². The van der Waals surface area contributed by atoms with E-state index in [1.807, 2.05) is 12.1 Å². The molecule has 0 aliphatic rings. The largest absolute Gasteiger partial charge is 0.478 e. The molecule has 1 aromatic rings. The molecule has 0 heterocycles. The summed E-state index contributed by atoms with van der Waals surface area (Å²) in [4.78, 5) is 11.0. The first kappa shape index (κ1) is 20.5. The van der Waals surface area contributed by atoms with Crippen LogP contribution in [0.25, 0.3) is 0 Å². The van der Waals surface area contributed by atoms with Gasteiger partial charge in [0.1, 0.15) is 0 Å². The van der Waals surface area contributed by atoms with E-state index < -0.39 is 5.97 Å². The highest BCUT2D eigenvalue weighted by Crippen LogP contribution is 2.08. The molecule has 19 heavy (non-hydrogen) atoms. The Balaban J connectivity index is 0. The van der Waals surface area contributed by atoms with Gasteiger partial charge in [-0.2, -0.15) is 0 Å². The van der Waals surface area contributed by atoms with Crippen molar-refractivity contribution in [2.75, 3.05) is 19.6 Å². The molecule has 0 fully saturated rings. The molecule has 0 aromatic heterocycles. The van der Waals surface area contributed by atoms with Crippen molar-refractivity contribution in [1.29, 1.82) is 0 Å². The van der Waals surface area contributed by atoms with Crippen molar-refractivity contribution in [1.82, 2.24) is 10.6 Å². The molecule has 0 unspecified atom stereocenters. The Morgan fingerprint density at radius 2 is 1.79 bits per heavy atom. The zero-order valence-electron chi connectivity index (χ0n) is 11.0. The van der Waals surface area contributed by atoms with E-state index in [1.54, 1.807) is 12.1 Å². The van der Waals surface area contributed by atoms with Crippen LogP contribution in [0.2, 0.25) is 0 Å². The minimum Gasteiger partial charge on any atom is -0.478 e. The summed E-state index contributed by atoms with van der Waals surface area (Å²) < 4.78 is 0. The second-order valence-corrected chi connectivity index (χ2v) is 3.85. The second kappa shape index (κ2) is 12.2. The Labute approximate surface area is 126 Å². The molecule has 0 saturated heterocycles. The van der Waals surface area contributed by atoms with Gasteiger partial charge in [0.25, 0.3) is 0 Å². The molecule has 0 saturated carbocycles. The van der Waals surface area contributed by atoms with Gasteiger partial charge in [-0.3, -0.25) is 0 Å². The first-order valence-electron chi connectivity index (χ1n) is 5.98. The van der Waals surface area contributed by atoms with Crippen molar-refractivity contribution in [2.45, 2.75) is 19.9 Å². The monoisotopic (exact) mass is 308 g/mol. The summed E-state index contributed by atoms with van der Waals surface area (Å²) in [5.74, 6) is -0.866. The fraction of sp³-hybridized carbons (Fsp3) is 0.462. The van der Waals surface area contributed by atoms with E-state index in [9.17, 15) is 4.79 Å². The third-order valence-corrected chi connectivity index (χ3v) is 2.52. The van der Waals surface area contributed by atoms with E-state index in [0.717, 1.165) is 31.6 Å². The Morgan fingerprint density at radius 3 is 2.42 bits per heavy atom. The topological polar surface area (TPSA) is 61.4 Å². The number of aromatic carboxylic acids is 1. The Bertz CT molecular complexity index is 362. The van der Waals surface area contributed by atoms with Gasteiger partial charge in [-0.1, -0.05) is 25.1 Å². The highest BCUT2D eigenvalue weighted by Gasteiger charge is 2.07. The number of benzene rings is 1. The summed E-state index contributed by atoms with van der Waals surface area (Å²) in [5, 5.41) is 15.5. The van der Waals surface area contributed by atoms with Gasteiger partial charge in [-0.05, 0) is 37.7 Å². The molecule has 0 radical (unpaired) electrons. The summed E-state index contributed by atoms with van der Waals surface area (Å²) in [6.45, 7) is 5.55. The molecule has 0 amide bonds. The molecule has 1 rings (SSSR count). The smallest absolute Gasteiger partial charge is 0.336 e.